The van der Waals surface area contributed by atoms with Gasteiger partial charge in [-0.15, -0.1) is 0 Å². The molecule has 25 heavy (non-hydrogen) atoms. The first-order valence-corrected chi connectivity index (χ1v) is 9.31. The molecule has 1 aromatic rings. The van der Waals surface area contributed by atoms with E-state index in [2.05, 4.69) is 4.98 Å². The molecule has 1 N–H and O–H groups in total. The summed E-state index contributed by atoms with van der Waals surface area (Å²) in [5.74, 6) is 0.950. The number of likely N-dealkylation sites (tertiary alicyclic amines) is 1. The first-order chi connectivity index (χ1) is 12.1. The molecule has 0 aromatic carbocycles. The molecule has 4 heterocycles. The van der Waals surface area contributed by atoms with Crippen molar-refractivity contribution in [1.82, 2.24) is 14.5 Å². The summed E-state index contributed by atoms with van der Waals surface area (Å²) in [6.07, 6.45) is 5.83. The van der Waals surface area contributed by atoms with Gasteiger partial charge in [0.15, 0.2) is 0 Å². The van der Waals surface area contributed by atoms with E-state index in [1.165, 1.54) is 0 Å². The van der Waals surface area contributed by atoms with Crippen LogP contribution in [0.5, 0.6) is 0 Å². The van der Waals surface area contributed by atoms with Gasteiger partial charge in [0.1, 0.15) is 12.4 Å². The Morgan fingerprint density at radius 2 is 2.24 bits per heavy atom. The number of nitrogens with zero attached hydrogens (tertiary/aromatic N) is 3. The second-order valence-corrected chi connectivity index (χ2v) is 7.42. The molecule has 0 bridgehead atoms. The van der Waals surface area contributed by atoms with Crippen molar-refractivity contribution in [3.8, 4) is 0 Å². The predicted molar refractivity (Wildman–Crippen MR) is 89.9 cm³/mol. The van der Waals surface area contributed by atoms with E-state index < -0.39 is 5.60 Å². The van der Waals surface area contributed by atoms with Crippen LogP contribution < -0.4 is 0 Å². The van der Waals surface area contributed by atoms with Gasteiger partial charge in [0, 0.05) is 62.9 Å². The van der Waals surface area contributed by atoms with Crippen LogP contribution in [0.2, 0.25) is 0 Å². The van der Waals surface area contributed by atoms with Gasteiger partial charge in [0.05, 0.1) is 18.8 Å². The number of aryl methyl sites for hydroxylation is 1. The lowest BCUT2D eigenvalue weighted by Gasteiger charge is -2.57. The van der Waals surface area contributed by atoms with Crippen LogP contribution in [-0.2, 0) is 27.2 Å². The van der Waals surface area contributed by atoms with Crippen molar-refractivity contribution < 1.29 is 19.4 Å². The second-order valence-electron chi connectivity index (χ2n) is 7.42. The number of aliphatic hydroxyl groups is 1. The van der Waals surface area contributed by atoms with Gasteiger partial charge < -0.3 is 24.0 Å². The number of carbonyl (C=O) groups excluding carboxylic acids is 1. The molecule has 3 fully saturated rings. The third-order valence-electron chi connectivity index (χ3n) is 6.20. The van der Waals surface area contributed by atoms with E-state index in [1.807, 2.05) is 22.6 Å². The molecule has 4 atom stereocenters. The molecule has 1 amide bonds. The highest BCUT2D eigenvalue weighted by molar-refractivity contribution is 5.76. The second kappa shape index (κ2) is 6.70. The number of hydrogen-bond acceptors (Lipinski definition) is 5. The zero-order valence-corrected chi connectivity index (χ0v) is 14.8. The smallest absolute Gasteiger partial charge is 0.242 e. The topological polar surface area (TPSA) is 76.8 Å². The van der Waals surface area contributed by atoms with Crippen LogP contribution in [0.3, 0.4) is 0 Å². The number of fused-ring (bicyclic) bond motifs is 3. The lowest BCUT2D eigenvalue weighted by atomic mass is 9.66. The highest BCUT2D eigenvalue weighted by Crippen LogP contribution is 2.44. The summed E-state index contributed by atoms with van der Waals surface area (Å²) in [6, 6.07) is 0.0502. The van der Waals surface area contributed by atoms with Crippen molar-refractivity contribution in [2.75, 3.05) is 33.0 Å². The fraction of sp³-hybridized carbons (Fsp3) is 0.778. The minimum Gasteiger partial charge on any atom is -0.389 e. The summed E-state index contributed by atoms with van der Waals surface area (Å²) >= 11 is 0. The number of aromatic nitrogens is 2. The molecule has 0 saturated carbocycles. The molecule has 0 aliphatic carbocycles. The number of amides is 1. The third-order valence-corrected chi connectivity index (χ3v) is 6.20. The fourth-order valence-electron chi connectivity index (χ4n) is 4.78. The number of hydrogen-bond donors (Lipinski definition) is 1. The fourth-order valence-corrected chi connectivity index (χ4v) is 4.78. The molecule has 138 valence electrons. The van der Waals surface area contributed by atoms with Crippen molar-refractivity contribution in [1.29, 1.82) is 0 Å². The van der Waals surface area contributed by atoms with E-state index in [-0.39, 0.29) is 23.8 Å². The van der Waals surface area contributed by atoms with E-state index in [1.54, 1.807) is 6.20 Å². The van der Waals surface area contributed by atoms with E-state index >= 15 is 0 Å². The molecular formula is C18H27N3O4. The van der Waals surface area contributed by atoms with Gasteiger partial charge >= 0.3 is 0 Å². The van der Waals surface area contributed by atoms with Crippen molar-refractivity contribution in [2.45, 2.75) is 44.4 Å². The molecule has 7 heteroatoms. The van der Waals surface area contributed by atoms with Crippen LogP contribution in [0.25, 0.3) is 0 Å². The molecule has 3 aliphatic heterocycles. The van der Waals surface area contributed by atoms with Crippen LogP contribution in [0.1, 0.15) is 25.6 Å². The number of imidazole rings is 1. The third kappa shape index (κ3) is 2.88. The van der Waals surface area contributed by atoms with E-state index in [4.69, 9.17) is 9.47 Å². The standard InChI is InChI=1S/C18H27N3O4/c1-2-16-19-5-6-20(16)10-17(22)21-9-13-11-25-8-4-18(13,23)14-12-24-7-3-15(14)21/h5-6,13-15,23H,2-4,7-12H2,1H3/t13-,14+,15-,18-/m0/s1. The Morgan fingerprint density at radius 3 is 3.08 bits per heavy atom. The number of ether oxygens (including phenoxy) is 2. The minimum absolute atomic E-state index is 0.0266. The van der Waals surface area contributed by atoms with Gasteiger partial charge in [-0.1, -0.05) is 6.92 Å². The van der Waals surface area contributed by atoms with Crippen molar-refractivity contribution in [3.63, 3.8) is 0 Å². The Morgan fingerprint density at radius 1 is 1.40 bits per heavy atom. The van der Waals surface area contributed by atoms with Crippen LogP contribution in [-0.4, -0.2) is 70.1 Å². The number of carbonyl (C=O) groups is 1. The van der Waals surface area contributed by atoms with Gasteiger partial charge in [-0.25, -0.2) is 4.98 Å². The molecule has 0 spiro atoms. The Bertz CT molecular complexity index is 634. The average molecular weight is 349 g/mol. The summed E-state index contributed by atoms with van der Waals surface area (Å²) in [7, 11) is 0. The van der Waals surface area contributed by atoms with Gasteiger partial charge in [0.2, 0.25) is 5.91 Å². The first kappa shape index (κ1) is 17.0. The normalized spacial score (nSPS) is 35.1. The minimum atomic E-state index is -0.774. The summed E-state index contributed by atoms with van der Waals surface area (Å²) in [5.41, 5.74) is -0.774. The van der Waals surface area contributed by atoms with Crippen LogP contribution in [0.15, 0.2) is 12.4 Å². The lowest BCUT2D eigenvalue weighted by molar-refractivity contribution is -0.219. The van der Waals surface area contributed by atoms with Crippen LogP contribution >= 0.6 is 0 Å². The maximum atomic E-state index is 13.1. The van der Waals surface area contributed by atoms with E-state index in [9.17, 15) is 9.90 Å². The first-order valence-electron chi connectivity index (χ1n) is 9.31. The summed E-state index contributed by atoms with van der Waals surface area (Å²) in [5, 5.41) is 11.3. The van der Waals surface area contributed by atoms with Crippen LogP contribution in [0.4, 0.5) is 0 Å². The summed E-state index contributed by atoms with van der Waals surface area (Å²) in [4.78, 5) is 19.4. The Labute approximate surface area is 147 Å². The quantitative estimate of drug-likeness (QED) is 0.858. The SMILES string of the molecule is CCc1nccn1CC(=O)N1C[C@H]2COCC[C@@]2(O)[C@@H]2COCC[C@@H]21. The summed E-state index contributed by atoms with van der Waals surface area (Å²) in [6.45, 7) is 5.16. The van der Waals surface area contributed by atoms with Gasteiger partial charge in [-0.05, 0) is 6.42 Å². The van der Waals surface area contributed by atoms with Crippen molar-refractivity contribution in [3.05, 3.63) is 18.2 Å². The van der Waals surface area contributed by atoms with E-state index in [0.29, 0.717) is 45.9 Å². The Hall–Kier alpha value is -1.44. The van der Waals surface area contributed by atoms with Gasteiger partial charge in [-0.3, -0.25) is 4.79 Å². The zero-order chi connectivity index (χ0) is 17.4. The molecule has 1 aromatic heterocycles. The zero-order valence-electron chi connectivity index (χ0n) is 14.8. The average Bonchev–Trinajstić information content (AvgIpc) is 3.08. The molecule has 3 saturated heterocycles. The van der Waals surface area contributed by atoms with Gasteiger partial charge in [0.25, 0.3) is 0 Å². The number of rotatable bonds is 3. The number of piperidine rings is 1. The summed E-state index contributed by atoms with van der Waals surface area (Å²) < 4.78 is 13.2. The lowest BCUT2D eigenvalue weighted by Crippen LogP contribution is -2.69. The predicted octanol–water partition coefficient (Wildman–Crippen LogP) is 0.460. The Kier molecular flexibility index (Phi) is 4.56. The maximum absolute atomic E-state index is 13.1. The van der Waals surface area contributed by atoms with Gasteiger partial charge in [-0.2, -0.15) is 0 Å². The molecule has 4 rings (SSSR count). The molecule has 3 aliphatic rings. The Balaban J connectivity index is 1.57. The highest BCUT2D eigenvalue weighted by atomic mass is 16.5. The largest absolute Gasteiger partial charge is 0.389 e. The molecule has 0 unspecified atom stereocenters. The maximum Gasteiger partial charge on any atom is 0.242 e. The highest BCUT2D eigenvalue weighted by Gasteiger charge is 2.56. The molecular weight excluding hydrogens is 322 g/mol. The monoisotopic (exact) mass is 349 g/mol. The molecule has 7 nitrogen and oxygen atoms in total. The molecule has 0 radical (unpaired) electrons. The van der Waals surface area contributed by atoms with Crippen LogP contribution in [0, 0.1) is 11.8 Å². The van der Waals surface area contributed by atoms with E-state index in [0.717, 1.165) is 18.7 Å². The van der Waals surface area contributed by atoms with Crippen molar-refractivity contribution >= 4 is 5.91 Å². The van der Waals surface area contributed by atoms with Crippen molar-refractivity contribution in [2.24, 2.45) is 11.8 Å².